The number of hydrogen-bond donors (Lipinski definition) is 2. The Labute approximate surface area is 180 Å². The molecular weight excluding hydrogens is 426 g/mol. The minimum atomic E-state index is -3.76. The number of benzene rings is 2. The SMILES string of the molecule is Cc1nc(-c2cccc(NC(=O)c3cc(S(=O)(=O)NC(C)C)ccc3Cl)c2)oc1C. The third-order valence-corrected chi connectivity index (χ3v) is 6.27. The van der Waals surface area contributed by atoms with Crippen LogP contribution in [0.2, 0.25) is 5.02 Å². The van der Waals surface area contributed by atoms with E-state index in [4.69, 9.17) is 16.0 Å². The molecule has 0 aliphatic carbocycles. The van der Waals surface area contributed by atoms with Crippen molar-refractivity contribution in [1.82, 2.24) is 9.71 Å². The number of carbonyl (C=O) groups is 1. The van der Waals surface area contributed by atoms with Crippen molar-refractivity contribution in [2.24, 2.45) is 0 Å². The summed E-state index contributed by atoms with van der Waals surface area (Å²) < 4.78 is 32.9. The molecule has 0 aliphatic rings. The Balaban J connectivity index is 1.88. The molecule has 0 saturated heterocycles. The molecule has 3 aromatic rings. The van der Waals surface area contributed by atoms with Crippen LogP contribution in [0.15, 0.2) is 51.8 Å². The number of halogens is 1. The normalized spacial score (nSPS) is 11.7. The van der Waals surface area contributed by atoms with Crippen molar-refractivity contribution in [2.75, 3.05) is 5.32 Å². The zero-order chi connectivity index (χ0) is 22.1. The molecule has 3 rings (SSSR count). The molecule has 0 fully saturated rings. The lowest BCUT2D eigenvalue weighted by Gasteiger charge is -2.12. The largest absolute Gasteiger partial charge is 0.441 e. The van der Waals surface area contributed by atoms with Gasteiger partial charge < -0.3 is 9.73 Å². The van der Waals surface area contributed by atoms with Crippen LogP contribution in [0.3, 0.4) is 0 Å². The molecule has 1 aromatic heterocycles. The molecule has 7 nitrogen and oxygen atoms in total. The summed E-state index contributed by atoms with van der Waals surface area (Å²) in [6.07, 6.45) is 0. The summed E-state index contributed by atoms with van der Waals surface area (Å²) in [5.41, 5.74) is 2.04. The van der Waals surface area contributed by atoms with Gasteiger partial charge in [-0.2, -0.15) is 0 Å². The predicted octanol–water partition coefficient (Wildman–Crippen LogP) is 4.55. The fourth-order valence-electron chi connectivity index (χ4n) is 2.75. The van der Waals surface area contributed by atoms with Gasteiger partial charge in [0.25, 0.3) is 5.91 Å². The summed E-state index contributed by atoms with van der Waals surface area (Å²) in [6, 6.07) is 10.7. The molecule has 0 bridgehead atoms. The molecule has 0 atom stereocenters. The maximum atomic E-state index is 12.8. The Morgan fingerprint density at radius 2 is 1.87 bits per heavy atom. The van der Waals surface area contributed by atoms with Crippen LogP contribution in [0.1, 0.15) is 35.7 Å². The number of oxazole rings is 1. The highest BCUT2D eigenvalue weighted by atomic mass is 35.5. The Kier molecular flexibility index (Phi) is 6.30. The first-order valence-corrected chi connectivity index (χ1v) is 11.1. The fraction of sp³-hybridized carbons (Fsp3) is 0.238. The summed E-state index contributed by atoms with van der Waals surface area (Å²) in [6.45, 7) is 7.11. The van der Waals surface area contributed by atoms with E-state index in [-0.39, 0.29) is 21.5 Å². The molecule has 1 heterocycles. The quantitative estimate of drug-likeness (QED) is 0.577. The average Bonchev–Trinajstić information content (AvgIpc) is 3.00. The second kappa shape index (κ2) is 8.59. The van der Waals surface area contributed by atoms with Gasteiger partial charge in [0, 0.05) is 17.3 Å². The number of amides is 1. The van der Waals surface area contributed by atoms with Crippen molar-refractivity contribution in [1.29, 1.82) is 0 Å². The van der Waals surface area contributed by atoms with Gasteiger partial charge in [0.05, 0.1) is 21.2 Å². The number of aromatic nitrogens is 1. The minimum Gasteiger partial charge on any atom is -0.441 e. The van der Waals surface area contributed by atoms with Gasteiger partial charge in [0.1, 0.15) is 5.76 Å². The summed E-state index contributed by atoms with van der Waals surface area (Å²) in [7, 11) is -3.76. The second-order valence-electron chi connectivity index (χ2n) is 7.11. The lowest BCUT2D eigenvalue weighted by molar-refractivity contribution is 0.102. The van der Waals surface area contributed by atoms with Crippen LogP contribution < -0.4 is 10.0 Å². The van der Waals surface area contributed by atoms with E-state index in [0.29, 0.717) is 17.1 Å². The summed E-state index contributed by atoms with van der Waals surface area (Å²) in [4.78, 5) is 17.1. The Hall–Kier alpha value is -2.68. The van der Waals surface area contributed by atoms with Gasteiger partial charge in [-0.1, -0.05) is 17.7 Å². The van der Waals surface area contributed by atoms with Crippen LogP contribution in [0.5, 0.6) is 0 Å². The first kappa shape index (κ1) is 22.0. The van der Waals surface area contributed by atoms with Gasteiger partial charge in [-0.25, -0.2) is 18.1 Å². The van der Waals surface area contributed by atoms with Gasteiger partial charge >= 0.3 is 0 Å². The third kappa shape index (κ3) is 4.89. The zero-order valence-electron chi connectivity index (χ0n) is 17.0. The highest BCUT2D eigenvalue weighted by Gasteiger charge is 2.20. The molecule has 30 heavy (non-hydrogen) atoms. The number of rotatable bonds is 6. The molecule has 0 spiro atoms. The maximum Gasteiger partial charge on any atom is 0.257 e. The first-order valence-electron chi connectivity index (χ1n) is 9.24. The van der Waals surface area contributed by atoms with E-state index >= 15 is 0 Å². The van der Waals surface area contributed by atoms with Crippen molar-refractivity contribution >= 4 is 33.2 Å². The molecule has 0 aliphatic heterocycles. The number of carbonyl (C=O) groups excluding carboxylic acids is 1. The number of nitrogens with one attached hydrogen (secondary N) is 2. The third-order valence-electron chi connectivity index (χ3n) is 4.28. The van der Waals surface area contributed by atoms with Gasteiger partial charge in [0.15, 0.2) is 0 Å². The standard InChI is InChI=1S/C21H22ClN3O4S/c1-12(2)25-30(27,28)17-8-9-19(22)18(11-17)20(26)24-16-7-5-6-15(10-16)21-23-13(3)14(4)29-21/h5-12,25H,1-4H3,(H,24,26). The average molecular weight is 448 g/mol. The molecule has 2 N–H and O–H groups in total. The number of hydrogen-bond acceptors (Lipinski definition) is 5. The van der Waals surface area contributed by atoms with E-state index in [1.165, 1.54) is 18.2 Å². The van der Waals surface area contributed by atoms with E-state index in [1.54, 1.807) is 32.0 Å². The molecule has 1 amide bonds. The molecule has 0 saturated carbocycles. The van der Waals surface area contributed by atoms with Gasteiger partial charge in [-0.15, -0.1) is 0 Å². The Morgan fingerprint density at radius 1 is 1.13 bits per heavy atom. The van der Waals surface area contributed by atoms with Crippen molar-refractivity contribution in [2.45, 2.75) is 38.6 Å². The van der Waals surface area contributed by atoms with Crippen molar-refractivity contribution in [3.63, 3.8) is 0 Å². The van der Waals surface area contributed by atoms with Crippen LogP contribution in [0.25, 0.3) is 11.5 Å². The zero-order valence-corrected chi connectivity index (χ0v) is 18.6. The van der Waals surface area contributed by atoms with Crippen LogP contribution in [0.4, 0.5) is 5.69 Å². The van der Waals surface area contributed by atoms with Crippen molar-refractivity contribution in [3.05, 3.63) is 64.5 Å². The van der Waals surface area contributed by atoms with E-state index < -0.39 is 15.9 Å². The van der Waals surface area contributed by atoms with Crippen LogP contribution >= 0.6 is 11.6 Å². The maximum absolute atomic E-state index is 12.8. The lowest BCUT2D eigenvalue weighted by atomic mass is 10.1. The fourth-order valence-corrected chi connectivity index (χ4v) is 4.23. The Morgan fingerprint density at radius 3 is 2.50 bits per heavy atom. The Bertz CT molecular complexity index is 1180. The van der Waals surface area contributed by atoms with Crippen LogP contribution in [-0.4, -0.2) is 25.4 Å². The number of anilines is 1. The highest BCUT2D eigenvalue weighted by Crippen LogP contribution is 2.26. The topological polar surface area (TPSA) is 101 Å². The molecule has 0 unspecified atom stereocenters. The number of aryl methyl sites for hydroxylation is 2. The second-order valence-corrected chi connectivity index (χ2v) is 9.23. The molecule has 0 radical (unpaired) electrons. The smallest absolute Gasteiger partial charge is 0.257 e. The summed E-state index contributed by atoms with van der Waals surface area (Å²) >= 11 is 6.16. The molecule has 2 aromatic carbocycles. The van der Waals surface area contributed by atoms with Gasteiger partial charge in [-0.05, 0) is 64.1 Å². The van der Waals surface area contributed by atoms with E-state index in [2.05, 4.69) is 15.0 Å². The summed E-state index contributed by atoms with van der Waals surface area (Å²) in [5.74, 6) is 0.643. The monoisotopic (exact) mass is 447 g/mol. The van der Waals surface area contributed by atoms with Gasteiger partial charge in [0.2, 0.25) is 15.9 Å². The van der Waals surface area contributed by atoms with E-state index in [1.807, 2.05) is 19.9 Å². The number of sulfonamides is 1. The van der Waals surface area contributed by atoms with Crippen molar-refractivity contribution < 1.29 is 17.6 Å². The van der Waals surface area contributed by atoms with Crippen LogP contribution in [0, 0.1) is 13.8 Å². The predicted molar refractivity (Wildman–Crippen MR) is 116 cm³/mol. The van der Waals surface area contributed by atoms with Crippen molar-refractivity contribution in [3.8, 4) is 11.5 Å². The van der Waals surface area contributed by atoms with Crippen LogP contribution in [-0.2, 0) is 10.0 Å². The molecule has 158 valence electrons. The minimum absolute atomic E-state index is 0.0368. The lowest BCUT2D eigenvalue weighted by Crippen LogP contribution is -2.30. The highest BCUT2D eigenvalue weighted by molar-refractivity contribution is 7.89. The number of nitrogens with zero attached hydrogens (tertiary/aromatic N) is 1. The summed E-state index contributed by atoms with van der Waals surface area (Å²) in [5, 5.41) is 2.89. The van der Waals surface area contributed by atoms with Gasteiger partial charge in [-0.3, -0.25) is 4.79 Å². The molecular formula is C21H22ClN3O4S. The van der Waals surface area contributed by atoms with E-state index in [0.717, 1.165) is 11.5 Å². The molecule has 9 heteroatoms. The van der Waals surface area contributed by atoms with E-state index in [9.17, 15) is 13.2 Å². The first-order chi connectivity index (χ1) is 14.1.